The summed E-state index contributed by atoms with van der Waals surface area (Å²) in [6, 6.07) is 14.3. The number of hydrogen-bond donors (Lipinski definition) is 1. The van der Waals surface area contributed by atoms with Gasteiger partial charge in [-0.3, -0.25) is 9.88 Å². The van der Waals surface area contributed by atoms with E-state index < -0.39 is 12.1 Å². The quantitative estimate of drug-likeness (QED) is 0.0822. The molecule has 256 valence electrons. The van der Waals surface area contributed by atoms with Gasteiger partial charge in [-0.1, -0.05) is 64.6 Å². The SMILES string of the molecule is C=C/C(=C\C=C(/C)n1cnc(-c2ccc(CC(C)(C)CNC/N=c3\scc(C)n3-c3cc(OC)ccc3C(C)C)cc2)n1)OC(F)(F)F. The van der Waals surface area contributed by atoms with Crippen LogP contribution in [0.15, 0.2) is 89.7 Å². The maximum Gasteiger partial charge on any atom is 0.573 e. The summed E-state index contributed by atoms with van der Waals surface area (Å²) in [7, 11) is 1.68. The van der Waals surface area contributed by atoms with Crippen molar-refractivity contribution in [3.63, 3.8) is 0 Å². The summed E-state index contributed by atoms with van der Waals surface area (Å²) in [5.74, 6) is 1.26. The minimum atomic E-state index is -4.79. The number of thiazole rings is 1. The molecule has 0 amide bonds. The molecule has 2 aromatic heterocycles. The third-order valence-electron chi connectivity index (χ3n) is 7.58. The standard InChI is InChI=1S/C36H43F3N6O2S/c1-9-29(47-36(37,38)39)15-10-25(4)44-23-42-33(43-44)28-13-11-27(12-14-28)19-35(6,7)21-40-22-41-34-45(26(5)20-48-34)32-18-30(46-8)16-17-31(32)24(2)3/h9-18,20,23-24,40H,1,19,21-22H2,2-8H3/b25-10+,29-15+,41-34-. The molecule has 4 aromatic rings. The lowest BCUT2D eigenvalue weighted by Crippen LogP contribution is -2.32. The molecule has 0 saturated carbocycles. The number of hydrogen-bond acceptors (Lipinski definition) is 7. The van der Waals surface area contributed by atoms with Crippen LogP contribution >= 0.6 is 11.3 Å². The van der Waals surface area contributed by atoms with E-state index in [4.69, 9.17) is 9.73 Å². The smallest absolute Gasteiger partial charge is 0.497 e. The van der Waals surface area contributed by atoms with E-state index in [2.05, 4.69) is 95.5 Å². The lowest BCUT2D eigenvalue weighted by molar-refractivity contribution is -0.303. The van der Waals surface area contributed by atoms with Gasteiger partial charge >= 0.3 is 6.36 Å². The Morgan fingerprint density at radius 2 is 1.85 bits per heavy atom. The van der Waals surface area contributed by atoms with E-state index in [9.17, 15) is 13.2 Å². The molecule has 2 aromatic carbocycles. The number of halogens is 3. The lowest BCUT2D eigenvalue weighted by atomic mass is 9.85. The van der Waals surface area contributed by atoms with Crippen molar-refractivity contribution in [1.29, 1.82) is 0 Å². The highest BCUT2D eigenvalue weighted by Crippen LogP contribution is 2.28. The van der Waals surface area contributed by atoms with Crippen molar-refractivity contribution in [2.24, 2.45) is 10.4 Å². The van der Waals surface area contributed by atoms with Crippen LogP contribution in [-0.4, -0.2) is 46.0 Å². The van der Waals surface area contributed by atoms with Crippen molar-refractivity contribution in [3.8, 4) is 22.8 Å². The average Bonchev–Trinajstić information content (AvgIpc) is 3.67. The highest BCUT2D eigenvalue weighted by molar-refractivity contribution is 7.07. The molecule has 0 fully saturated rings. The molecule has 8 nitrogen and oxygen atoms in total. The molecule has 12 heteroatoms. The first-order valence-corrected chi connectivity index (χ1v) is 16.4. The lowest BCUT2D eigenvalue weighted by Gasteiger charge is -2.25. The van der Waals surface area contributed by atoms with Crippen LogP contribution in [0.1, 0.15) is 57.4 Å². The van der Waals surface area contributed by atoms with Gasteiger partial charge in [-0.05, 0) is 67.0 Å². The number of methoxy groups -OCH3 is 1. The van der Waals surface area contributed by atoms with Crippen LogP contribution in [0.5, 0.6) is 5.75 Å². The van der Waals surface area contributed by atoms with Gasteiger partial charge in [0.15, 0.2) is 10.6 Å². The second kappa shape index (κ2) is 15.7. The molecule has 0 aliphatic rings. The Balaban J connectivity index is 1.38. The van der Waals surface area contributed by atoms with Crippen molar-refractivity contribution < 1.29 is 22.6 Å². The maximum absolute atomic E-state index is 12.5. The molecule has 0 aliphatic heterocycles. The Bertz CT molecular complexity index is 1830. The monoisotopic (exact) mass is 680 g/mol. The zero-order valence-corrected chi connectivity index (χ0v) is 29.2. The van der Waals surface area contributed by atoms with Crippen molar-refractivity contribution in [2.45, 2.75) is 60.2 Å². The molecule has 4 rings (SSSR count). The molecule has 0 spiro atoms. The van der Waals surface area contributed by atoms with Crippen LogP contribution < -0.4 is 14.9 Å². The number of aryl methyl sites for hydroxylation is 1. The van der Waals surface area contributed by atoms with E-state index in [0.29, 0.717) is 24.1 Å². The summed E-state index contributed by atoms with van der Waals surface area (Å²) in [5, 5.41) is 10.1. The molecule has 1 N–H and O–H groups in total. The van der Waals surface area contributed by atoms with E-state index in [1.54, 1.807) is 25.4 Å². The molecule has 0 unspecified atom stereocenters. The molecular weight excluding hydrogens is 637 g/mol. The fourth-order valence-electron chi connectivity index (χ4n) is 5.15. The van der Waals surface area contributed by atoms with Gasteiger partial charge in [0.05, 0.1) is 19.5 Å². The number of nitrogens with one attached hydrogen (secondary N) is 1. The third kappa shape index (κ3) is 9.80. The van der Waals surface area contributed by atoms with E-state index in [1.807, 2.05) is 18.2 Å². The number of benzene rings is 2. The summed E-state index contributed by atoms with van der Waals surface area (Å²) in [6.45, 7) is 17.2. The molecule has 2 heterocycles. The Labute approximate surface area is 284 Å². The van der Waals surface area contributed by atoms with Crippen LogP contribution in [0.25, 0.3) is 22.8 Å². The summed E-state index contributed by atoms with van der Waals surface area (Å²) in [5.41, 5.74) is 5.99. The predicted molar refractivity (Wildman–Crippen MR) is 186 cm³/mol. The Morgan fingerprint density at radius 3 is 2.50 bits per heavy atom. The highest BCUT2D eigenvalue weighted by atomic mass is 32.1. The number of nitrogens with zero attached hydrogens (tertiary/aromatic N) is 5. The van der Waals surface area contributed by atoms with Gasteiger partial charge in [0.2, 0.25) is 0 Å². The zero-order chi connectivity index (χ0) is 35.1. The number of allylic oxidation sites excluding steroid dienone is 4. The van der Waals surface area contributed by atoms with Crippen molar-refractivity contribution in [3.05, 3.63) is 106 Å². The van der Waals surface area contributed by atoms with Gasteiger partial charge < -0.3 is 9.47 Å². The topological polar surface area (TPSA) is 78.5 Å². The first-order valence-electron chi connectivity index (χ1n) is 15.5. The molecule has 0 radical (unpaired) electrons. The zero-order valence-electron chi connectivity index (χ0n) is 28.4. The van der Waals surface area contributed by atoms with Crippen molar-refractivity contribution in [2.75, 3.05) is 20.3 Å². The van der Waals surface area contributed by atoms with E-state index in [1.165, 1.54) is 34.3 Å². The van der Waals surface area contributed by atoms with Crippen molar-refractivity contribution in [1.82, 2.24) is 24.6 Å². The number of alkyl halides is 3. The number of ether oxygens (including phenoxy) is 2. The predicted octanol–water partition coefficient (Wildman–Crippen LogP) is 8.42. The number of rotatable bonds is 14. The Hall–Kier alpha value is -4.42. The van der Waals surface area contributed by atoms with Crippen LogP contribution in [0, 0.1) is 12.3 Å². The second-order valence-electron chi connectivity index (χ2n) is 12.5. The van der Waals surface area contributed by atoms with Gasteiger partial charge in [0.25, 0.3) is 0 Å². The van der Waals surface area contributed by atoms with Gasteiger partial charge in [0, 0.05) is 34.9 Å². The van der Waals surface area contributed by atoms with Gasteiger partial charge in [-0.2, -0.15) is 0 Å². The van der Waals surface area contributed by atoms with Gasteiger partial charge in [0.1, 0.15) is 17.8 Å². The molecule has 0 aliphatic carbocycles. The first-order chi connectivity index (χ1) is 22.7. The van der Waals surface area contributed by atoms with Gasteiger partial charge in [-0.25, -0.2) is 14.7 Å². The molecule has 0 atom stereocenters. The normalized spacial score (nSPS) is 13.4. The largest absolute Gasteiger partial charge is 0.573 e. The Kier molecular flexibility index (Phi) is 11.9. The summed E-state index contributed by atoms with van der Waals surface area (Å²) in [6.07, 6.45) is 1.20. The maximum atomic E-state index is 12.5. The minimum Gasteiger partial charge on any atom is -0.497 e. The minimum absolute atomic E-state index is 0.0364. The van der Waals surface area contributed by atoms with Crippen LogP contribution in [-0.2, 0) is 11.2 Å². The molecule has 0 bridgehead atoms. The highest BCUT2D eigenvalue weighted by Gasteiger charge is 2.31. The Morgan fingerprint density at radius 1 is 1.12 bits per heavy atom. The van der Waals surface area contributed by atoms with E-state index in [-0.39, 0.29) is 5.41 Å². The van der Waals surface area contributed by atoms with E-state index in [0.717, 1.165) is 46.5 Å². The first kappa shape index (κ1) is 36.4. The summed E-state index contributed by atoms with van der Waals surface area (Å²) >= 11 is 1.63. The fourth-order valence-corrected chi connectivity index (χ4v) is 6.02. The van der Waals surface area contributed by atoms with Crippen LogP contribution in [0.4, 0.5) is 13.2 Å². The van der Waals surface area contributed by atoms with Crippen LogP contribution in [0.3, 0.4) is 0 Å². The summed E-state index contributed by atoms with van der Waals surface area (Å²) < 4.78 is 50.7. The second-order valence-corrected chi connectivity index (χ2v) is 13.3. The molecule has 0 saturated heterocycles. The third-order valence-corrected chi connectivity index (χ3v) is 8.56. The summed E-state index contributed by atoms with van der Waals surface area (Å²) in [4.78, 5) is 10.2. The van der Waals surface area contributed by atoms with Crippen molar-refractivity contribution >= 4 is 17.0 Å². The molecule has 48 heavy (non-hydrogen) atoms. The van der Waals surface area contributed by atoms with Gasteiger partial charge in [-0.15, -0.1) is 29.6 Å². The number of aromatic nitrogens is 4. The van der Waals surface area contributed by atoms with Crippen LogP contribution in [0.2, 0.25) is 0 Å². The van der Waals surface area contributed by atoms with E-state index >= 15 is 0 Å². The molecular formula is C36H43F3N6O2S. The average molecular weight is 681 g/mol. The fraction of sp³-hybridized carbons (Fsp3) is 0.361.